The van der Waals surface area contributed by atoms with Crippen LogP contribution < -0.4 is 0 Å². The van der Waals surface area contributed by atoms with E-state index in [9.17, 15) is 9.59 Å². The molecule has 0 bridgehead atoms. The minimum Gasteiger partial charge on any atom is -0.480 e. The second-order valence-electron chi connectivity index (χ2n) is 9.41. The van der Waals surface area contributed by atoms with Gasteiger partial charge in [0.15, 0.2) is 6.23 Å². The molecule has 3 fully saturated rings. The summed E-state index contributed by atoms with van der Waals surface area (Å²) in [5.74, 6) is -0.142. The molecule has 0 aliphatic carbocycles. The second kappa shape index (κ2) is 10.6. The summed E-state index contributed by atoms with van der Waals surface area (Å²) in [6.45, 7) is 8.97. The fourth-order valence-electron chi connectivity index (χ4n) is 5.23. The maximum absolute atomic E-state index is 12.6. The number of nitrogens with zero attached hydrogens (tertiary/aromatic N) is 4. The van der Waals surface area contributed by atoms with Crippen LogP contribution in [0.1, 0.15) is 31.7 Å². The van der Waals surface area contributed by atoms with Gasteiger partial charge < -0.3 is 14.7 Å². The molecule has 3 heterocycles. The van der Waals surface area contributed by atoms with E-state index >= 15 is 0 Å². The fraction of sp³-hybridized carbons (Fsp3) is 0.667. The third-order valence-electron chi connectivity index (χ3n) is 7.22. The van der Waals surface area contributed by atoms with E-state index in [-0.39, 0.29) is 24.9 Å². The molecular formula is C24H36N4O4. The minimum absolute atomic E-state index is 0.0201. The fourth-order valence-corrected chi connectivity index (χ4v) is 5.23. The number of rotatable bonds is 8. The highest BCUT2D eigenvalue weighted by Crippen LogP contribution is 2.27. The molecular weight excluding hydrogens is 408 g/mol. The van der Waals surface area contributed by atoms with E-state index in [0.717, 1.165) is 45.7 Å². The Morgan fingerprint density at radius 2 is 1.72 bits per heavy atom. The van der Waals surface area contributed by atoms with Gasteiger partial charge in [0, 0.05) is 39.3 Å². The van der Waals surface area contributed by atoms with Crippen LogP contribution in [0.2, 0.25) is 0 Å². The molecule has 1 aromatic carbocycles. The molecule has 32 heavy (non-hydrogen) atoms. The number of carbonyl (C=O) groups excluding carboxylic acids is 1. The number of carbonyl (C=O) groups is 2. The first-order valence-electron chi connectivity index (χ1n) is 11.9. The molecule has 8 heteroatoms. The highest BCUT2D eigenvalue weighted by Gasteiger charge is 2.42. The first-order valence-corrected chi connectivity index (χ1v) is 11.9. The van der Waals surface area contributed by atoms with Crippen LogP contribution in [0.25, 0.3) is 0 Å². The number of piperazine rings is 1. The summed E-state index contributed by atoms with van der Waals surface area (Å²) in [4.78, 5) is 32.0. The number of amides is 1. The zero-order valence-electron chi connectivity index (χ0n) is 19.1. The third kappa shape index (κ3) is 5.79. The number of carboxylic acid groups (broad SMARTS) is 1. The van der Waals surface area contributed by atoms with Gasteiger partial charge in [-0.25, -0.2) is 4.79 Å². The van der Waals surface area contributed by atoms with Crippen molar-refractivity contribution in [2.75, 3.05) is 52.4 Å². The van der Waals surface area contributed by atoms with E-state index in [1.54, 1.807) is 0 Å². The van der Waals surface area contributed by atoms with Crippen molar-refractivity contribution in [2.45, 2.75) is 45.0 Å². The summed E-state index contributed by atoms with van der Waals surface area (Å²) in [5.41, 5.74) is 1.37. The van der Waals surface area contributed by atoms with E-state index < -0.39 is 5.97 Å². The highest BCUT2D eigenvalue weighted by molar-refractivity contribution is 5.70. The average molecular weight is 445 g/mol. The summed E-state index contributed by atoms with van der Waals surface area (Å²) < 4.78 is 5.74. The number of hydrogen-bond acceptors (Lipinski definition) is 6. The molecule has 8 nitrogen and oxygen atoms in total. The standard InChI is InChI=1S/C24H36N4O4/c1-19-23(27-15-13-26(14-16-27)18-22(29)30)32-24(31)28(19)12-9-20-7-10-25(11-8-20)17-21-5-3-2-4-6-21/h2-6,19-20,23H,7-18H2,1H3,(H,29,30). The molecule has 2 unspecified atom stereocenters. The Bertz CT molecular complexity index is 761. The monoisotopic (exact) mass is 444 g/mol. The molecule has 0 radical (unpaired) electrons. The lowest BCUT2D eigenvalue weighted by atomic mass is 9.93. The van der Waals surface area contributed by atoms with Gasteiger partial charge in [-0.15, -0.1) is 0 Å². The number of ether oxygens (including phenoxy) is 1. The van der Waals surface area contributed by atoms with Crippen LogP contribution in [-0.4, -0.2) is 101 Å². The van der Waals surface area contributed by atoms with Crippen molar-refractivity contribution >= 4 is 12.1 Å². The Labute approximate surface area is 190 Å². The summed E-state index contributed by atoms with van der Waals surface area (Å²) in [6.07, 6.45) is 2.94. The number of carboxylic acids is 1. The lowest BCUT2D eigenvalue weighted by molar-refractivity contribution is -0.139. The Morgan fingerprint density at radius 3 is 2.38 bits per heavy atom. The molecule has 1 N–H and O–H groups in total. The second-order valence-corrected chi connectivity index (χ2v) is 9.41. The van der Waals surface area contributed by atoms with Crippen LogP contribution in [0.3, 0.4) is 0 Å². The molecule has 176 valence electrons. The molecule has 4 rings (SSSR count). The van der Waals surface area contributed by atoms with E-state index in [4.69, 9.17) is 9.84 Å². The predicted molar refractivity (Wildman–Crippen MR) is 121 cm³/mol. The van der Waals surface area contributed by atoms with Crippen LogP contribution in [0.15, 0.2) is 30.3 Å². The number of benzene rings is 1. The third-order valence-corrected chi connectivity index (χ3v) is 7.22. The molecule has 0 saturated carbocycles. The van der Waals surface area contributed by atoms with Crippen LogP contribution in [0.5, 0.6) is 0 Å². The van der Waals surface area contributed by atoms with Gasteiger partial charge in [-0.2, -0.15) is 0 Å². The van der Waals surface area contributed by atoms with Gasteiger partial charge in [0.1, 0.15) is 0 Å². The first-order chi connectivity index (χ1) is 15.5. The van der Waals surface area contributed by atoms with Gasteiger partial charge in [0.25, 0.3) is 0 Å². The minimum atomic E-state index is -0.795. The van der Waals surface area contributed by atoms with E-state index in [1.807, 2.05) is 9.80 Å². The lowest BCUT2D eigenvalue weighted by Gasteiger charge is -2.37. The van der Waals surface area contributed by atoms with E-state index in [0.29, 0.717) is 19.0 Å². The van der Waals surface area contributed by atoms with Crippen LogP contribution in [0.4, 0.5) is 4.79 Å². The SMILES string of the molecule is CC1C(N2CCN(CC(=O)O)CC2)OC(=O)N1CCC1CCN(Cc2ccccc2)CC1. The molecule has 0 spiro atoms. The van der Waals surface area contributed by atoms with Crippen LogP contribution in [-0.2, 0) is 16.1 Å². The Balaban J connectivity index is 1.19. The quantitative estimate of drug-likeness (QED) is 0.658. The van der Waals surface area contributed by atoms with Crippen molar-refractivity contribution in [1.82, 2.24) is 19.6 Å². The maximum atomic E-state index is 12.6. The normalized spacial score (nSPS) is 26.4. The van der Waals surface area contributed by atoms with Gasteiger partial charge in [-0.1, -0.05) is 30.3 Å². The van der Waals surface area contributed by atoms with Gasteiger partial charge in [0.2, 0.25) is 0 Å². The zero-order valence-corrected chi connectivity index (χ0v) is 19.1. The molecule has 1 aromatic rings. The number of cyclic esters (lactones) is 1. The molecule has 1 amide bonds. The van der Waals surface area contributed by atoms with E-state index in [1.165, 1.54) is 18.4 Å². The van der Waals surface area contributed by atoms with Crippen molar-refractivity contribution in [3.8, 4) is 0 Å². The van der Waals surface area contributed by atoms with Gasteiger partial charge in [0.05, 0.1) is 12.6 Å². The smallest absolute Gasteiger partial charge is 0.411 e. The Morgan fingerprint density at radius 1 is 1.03 bits per heavy atom. The van der Waals surface area contributed by atoms with Crippen molar-refractivity contribution in [3.63, 3.8) is 0 Å². The maximum Gasteiger partial charge on any atom is 0.411 e. The Kier molecular flexibility index (Phi) is 7.65. The first kappa shape index (κ1) is 23.0. The summed E-state index contributed by atoms with van der Waals surface area (Å²) >= 11 is 0. The molecule has 3 aliphatic heterocycles. The van der Waals surface area contributed by atoms with Gasteiger partial charge in [-0.3, -0.25) is 19.5 Å². The highest BCUT2D eigenvalue weighted by atomic mass is 16.6. The zero-order chi connectivity index (χ0) is 22.5. The molecule has 3 aliphatic rings. The van der Waals surface area contributed by atoms with Crippen LogP contribution >= 0.6 is 0 Å². The molecule has 2 atom stereocenters. The van der Waals surface area contributed by atoms with Crippen molar-refractivity contribution in [3.05, 3.63) is 35.9 Å². The van der Waals surface area contributed by atoms with Crippen molar-refractivity contribution in [2.24, 2.45) is 5.92 Å². The van der Waals surface area contributed by atoms with Crippen molar-refractivity contribution in [1.29, 1.82) is 0 Å². The van der Waals surface area contributed by atoms with E-state index in [2.05, 4.69) is 47.1 Å². The Hall–Kier alpha value is -2.16. The van der Waals surface area contributed by atoms with Gasteiger partial charge >= 0.3 is 12.1 Å². The molecule has 3 saturated heterocycles. The number of aliphatic carboxylic acids is 1. The summed E-state index contributed by atoms with van der Waals surface area (Å²) in [7, 11) is 0. The topological polar surface area (TPSA) is 76.6 Å². The van der Waals surface area contributed by atoms with Gasteiger partial charge in [-0.05, 0) is 50.8 Å². The number of likely N-dealkylation sites (tertiary alicyclic amines) is 1. The summed E-state index contributed by atoms with van der Waals surface area (Å²) in [5, 5.41) is 8.97. The summed E-state index contributed by atoms with van der Waals surface area (Å²) in [6, 6.07) is 10.7. The molecule has 0 aromatic heterocycles. The average Bonchev–Trinajstić information content (AvgIpc) is 3.07. The lowest BCUT2D eigenvalue weighted by Crippen LogP contribution is -2.54. The number of hydrogen-bond donors (Lipinski definition) is 1. The van der Waals surface area contributed by atoms with Crippen LogP contribution in [0, 0.1) is 5.92 Å². The van der Waals surface area contributed by atoms with Crippen molar-refractivity contribution < 1.29 is 19.4 Å². The largest absolute Gasteiger partial charge is 0.480 e. The number of piperidine rings is 1. The predicted octanol–water partition coefficient (Wildman–Crippen LogP) is 2.16.